The quantitative estimate of drug-likeness (QED) is 0.587. The van der Waals surface area contributed by atoms with Gasteiger partial charge in [0.2, 0.25) is 0 Å². The molecule has 1 radical (unpaired) electrons. The van der Waals surface area contributed by atoms with Crippen LogP contribution in [0.25, 0.3) is 0 Å². The predicted octanol–water partition coefficient (Wildman–Crippen LogP) is 5.26. The van der Waals surface area contributed by atoms with Crippen LogP contribution in [-0.4, -0.2) is 6.61 Å². The summed E-state index contributed by atoms with van der Waals surface area (Å²) >= 11 is 0. The molecule has 1 nitrogen and oxygen atoms in total. The van der Waals surface area contributed by atoms with Crippen molar-refractivity contribution >= 4 is 0 Å². The summed E-state index contributed by atoms with van der Waals surface area (Å²) < 4.78 is 42.4. The largest absolute Gasteiger partial charge is 0.494 e. The zero-order valence-corrected chi connectivity index (χ0v) is 11.0. The minimum Gasteiger partial charge on any atom is -0.494 e. The molecule has 1 aromatic carbocycles. The van der Waals surface area contributed by atoms with E-state index in [4.69, 9.17) is 4.74 Å². The first-order valence-electron chi connectivity index (χ1n) is 6.63. The van der Waals surface area contributed by atoms with Gasteiger partial charge in [0.15, 0.2) is 0 Å². The molecule has 0 aliphatic carbocycles. The molecule has 4 heteroatoms. The van der Waals surface area contributed by atoms with Gasteiger partial charge in [-0.3, -0.25) is 0 Å². The van der Waals surface area contributed by atoms with Gasteiger partial charge in [0.05, 0.1) is 12.2 Å². The highest BCUT2D eigenvalue weighted by Crippen LogP contribution is 2.30. The van der Waals surface area contributed by atoms with Gasteiger partial charge in [0, 0.05) is 0 Å². The van der Waals surface area contributed by atoms with Crippen molar-refractivity contribution in [3.8, 4) is 5.75 Å². The molecular formula is C15H20F3O. The fourth-order valence-corrected chi connectivity index (χ4v) is 1.74. The fraction of sp³-hybridized carbons (Fsp3) is 0.533. The Labute approximate surface area is 112 Å². The van der Waals surface area contributed by atoms with E-state index >= 15 is 0 Å². The van der Waals surface area contributed by atoms with Crippen LogP contribution in [0.1, 0.15) is 44.1 Å². The molecule has 0 aliphatic rings. The van der Waals surface area contributed by atoms with E-state index in [1.165, 1.54) is 18.6 Å². The summed E-state index contributed by atoms with van der Waals surface area (Å²) in [6, 6.07) is 4.82. The molecule has 0 amide bonds. The molecule has 0 saturated carbocycles. The second-order valence-electron chi connectivity index (χ2n) is 4.49. The summed E-state index contributed by atoms with van der Waals surface area (Å²) in [5.74, 6) is 0.491. The maximum Gasteiger partial charge on any atom is 0.416 e. The second-order valence-corrected chi connectivity index (χ2v) is 4.49. The van der Waals surface area contributed by atoms with Crippen molar-refractivity contribution in [1.29, 1.82) is 0 Å². The Morgan fingerprint density at radius 1 is 0.895 bits per heavy atom. The normalized spacial score (nSPS) is 11.6. The van der Waals surface area contributed by atoms with E-state index in [0.717, 1.165) is 44.2 Å². The average Bonchev–Trinajstić information content (AvgIpc) is 2.37. The topological polar surface area (TPSA) is 9.23 Å². The molecule has 0 aromatic heterocycles. The monoisotopic (exact) mass is 273 g/mol. The van der Waals surface area contributed by atoms with E-state index in [1.807, 2.05) is 0 Å². The molecule has 0 unspecified atom stereocenters. The lowest BCUT2D eigenvalue weighted by molar-refractivity contribution is -0.137. The summed E-state index contributed by atoms with van der Waals surface area (Å²) in [6.45, 7) is 4.33. The van der Waals surface area contributed by atoms with Gasteiger partial charge < -0.3 is 4.74 Å². The molecule has 0 aliphatic heterocycles. The van der Waals surface area contributed by atoms with Gasteiger partial charge in [-0.25, -0.2) is 0 Å². The molecule has 0 spiro atoms. The van der Waals surface area contributed by atoms with Crippen molar-refractivity contribution in [3.63, 3.8) is 0 Å². The van der Waals surface area contributed by atoms with Crippen molar-refractivity contribution < 1.29 is 17.9 Å². The lowest BCUT2D eigenvalue weighted by atomic mass is 10.1. The SMILES string of the molecule is [CH2]CCCCCCCOc1ccc(C(F)(F)F)cc1. The highest BCUT2D eigenvalue weighted by Gasteiger charge is 2.29. The van der Waals surface area contributed by atoms with Gasteiger partial charge in [0.25, 0.3) is 0 Å². The highest BCUT2D eigenvalue weighted by molar-refractivity contribution is 5.28. The maximum absolute atomic E-state index is 12.3. The van der Waals surface area contributed by atoms with Gasteiger partial charge in [0.1, 0.15) is 5.75 Å². The first kappa shape index (κ1) is 15.9. The van der Waals surface area contributed by atoms with Crippen LogP contribution >= 0.6 is 0 Å². The third-order valence-electron chi connectivity index (χ3n) is 2.84. The molecule has 0 fully saturated rings. The van der Waals surface area contributed by atoms with Crippen LogP contribution < -0.4 is 4.74 Å². The molecule has 0 heterocycles. The summed E-state index contributed by atoms with van der Waals surface area (Å²) in [6.07, 6.45) is 2.20. The lowest BCUT2D eigenvalue weighted by Gasteiger charge is -2.09. The van der Waals surface area contributed by atoms with Gasteiger partial charge in [-0.1, -0.05) is 39.0 Å². The van der Waals surface area contributed by atoms with E-state index in [2.05, 4.69) is 6.92 Å². The van der Waals surface area contributed by atoms with Crippen LogP contribution in [0.4, 0.5) is 13.2 Å². The van der Waals surface area contributed by atoms with Crippen LogP contribution in [0, 0.1) is 6.92 Å². The zero-order chi connectivity index (χ0) is 14.1. The number of halogens is 3. The summed E-state index contributed by atoms with van der Waals surface area (Å²) in [7, 11) is 0. The van der Waals surface area contributed by atoms with Crippen LogP contribution in [0.2, 0.25) is 0 Å². The molecule has 1 rings (SSSR count). The summed E-state index contributed by atoms with van der Waals surface area (Å²) in [4.78, 5) is 0. The second kappa shape index (κ2) is 8.08. The molecule has 0 atom stereocenters. The summed E-state index contributed by atoms with van der Waals surface area (Å²) in [5.41, 5.74) is -0.645. The molecule has 0 bridgehead atoms. The molecular weight excluding hydrogens is 253 g/mol. The first-order chi connectivity index (χ1) is 9.04. The number of alkyl halides is 3. The molecule has 19 heavy (non-hydrogen) atoms. The molecule has 1 aromatic rings. The van der Waals surface area contributed by atoms with Crippen LogP contribution in [0.15, 0.2) is 24.3 Å². The molecule has 0 saturated heterocycles. The Balaban J connectivity index is 2.20. The molecule has 107 valence electrons. The van der Waals surface area contributed by atoms with Gasteiger partial charge in [-0.15, -0.1) is 0 Å². The van der Waals surface area contributed by atoms with E-state index in [0.29, 0.717) is 12.4 Å². The number of ether oxygens (including phenoxy) is 1. The Bertz CT molecular complexity index is 343. The highest BCUT2D eigenvalue weighted by atomic mass is 19.4. The standard InChI is InChI=1S/C15H20F3O/c1-2-3-4-5-6-7-12-19-14-10-8-13(9-11-14)15(16,17)18/h8-11H,1-7,12H2. The van der Waals surface area contributed by atoms with Gasteiger partial charge in [-0.05, 0) is 30.7 Å². The van der Waals surface area contributed by atoms with E-state index < -0.39 is 11.7 Å². The van der Waals surface area contributed by atoms with Crippen molar-refractivity contribution in [2.75, 3.05) is 6.61 Å². The predicted molar refractivity (Wildman–Crippen MR) is 70.0 cm³/mol. The zero-order valence-electron chi connectivity index (χ0n) is 11.0. The van der Waals surface area contributed by atoms with Crippen molar-refractivity contribution in [2.45, 2.75) is 44.7 Å². The number of benzene rings is 1. The first-order valence-corrected chi connectivity index (χ1v) is 6.63. The van der Waals surface area contributed by atoms with E-state index in [9.17, 15) is 13.2 Å². The Morgan fingerprint density at radius 3 is 2.05 bits per heavy atom. The smallest absolute Gasteiger partial charge is 0.416 e. The lowest BCUT2D eigenvalue weighted by Crippen LogP contribution is -2.04. The Morgan fingerprint density at radius 2 is 1.47 bits per heavy atom. The number of hydrogen-bond acceptors (Lipinski definition) is 1. The number of unbranched alkanes of at least 4 members (excludes halogenated alkanes) is 5. The van der Waals surface area contributed by atoms with Gasteiger partial charge in [-0.2, -0.15) is 13.2 Å². The minimum absolute atomic E-state index is 0.491. The Kier molecular flexibility index (Phi) is 6.74. The number of hydrogen-bond donors (Lipinski definition) is 0. The van der Waals surface area contributed by atoms with Crippen LogP contribution in [0.3, 0.4) is 0 Å². The minimum atomic E-state index is -4.29. The van der Waals surface area contributed by atoms with E-state index in [1.54, 1.807) is 0 Å². The molecule has 0 N–H and O–H groups in total. The third kappa shape index (κ3) is 6.50. The fourth-order valence-electron chi connectivity index (χ4n) is 1.74. The van der Waals surface area contributed by atoms with Crippen LogP contribution in [-0.2, 0) is 6.18 Å². The van der Waals surface area contributed by atoms with Crippen molar-refractivity contribution in [1.82, 2.24) is 0 Å². The van der Waals surface area contributed by atoms with Crippen molar-refractivity contribution in [3.05, 3.63) is 36.8 Å². The average molecular weight is 273 g/mol. The van der Waals surface area contributed by atoms with Crippen LogP contribution in [0.5, 0.6) is 5.75 Å². The third-order valence-corrected chi connectivity index (χ3v) is 2.84. The van der Waals surface area contributed by atoms with E-state index in [-0.39, 0.29) is 0 Å². The maximum atomic E-state index is 12.3. The van der Waals surface area contributed by atoms with Gasteiger partial charge >= 0.3 is 6.18 Å². The Hall–Kier alpha value is -1.19. The summed E-state index contributed by atoms with van der Waals surface area (Å²) in [5, 5.41) is 0. The van der Waals surface area contributed by atoms with Crippen molar-refractivity contribution in [2.24, 2.45) is 0 Å². The number of rotatable bonds is 8.